The maximum atomic E-state index is 10.1. The minimum atomic E-state index is -1.71. The van der Waals surface area contributed by atoms with Gasteiger partial charge in [-0.05, 0) is 35.8 Å². The highest BCUT2D eigenvalue weighted by molar-refractivity contribution is 6.00. The monoisotopic (exact) mass is 418 g/mol. The summed E-state index contributed by atoms with van der Waals surface area (Å²) in [5.41, 5.74) is -0.245. The number of rotatable bonds is 6. The third kappa shape index (κ3) is 3.76. The van der Waals surface area contributed by atoms with Crippen molar-refractivity contribution in [2.75, 3.05) is 33.9 Å². The van der Waals surface area contributed by atoms with Crippen molar-refractivity contribution in [2.45, 2.75) is 25.7 Å². The number of nitriles is 3. The number of hydrogen-bond acceptors (Lipinski definition) is 6. The quantitative estimate of drug-likeness (QED) is 0.542. The molecule has 7 nitrogen and oxygen atoms in total. The summed E-state index contributed by atoms with van der Waals surface area (Å²) in [6.07, 6.45) is 3.96. The fourth-order valence-corrected chi connectivity index (χ4v) is 4.76. The van der Waals surface area contributed by atoms with E-state index >= 15 is 0 Å². The third-order valence-electron chi connectivity index (χ3n) is 6.38. The van der Waals surface area contributed by atoms with Crippen LogP contribution in [0.25, 0.3) is 0 Å². The Bertz CT molecular complexity index is 996. The van der Waals surface area contributed by atoms with Crippen LogP contribution in [0, 0.1) is 56.7 Å². The average molecular weight is 419 g/mol. The molecular formula is C24H28N5O2+. The van der Waals surface area contributed by atoms with E-state index in [1.54, 1.807) is 7.11 Å². The summed E-state index contributed by atoms with van der Waals surface area (Å²) in [4.78, 5) is 1.24. The van der Waals surface area contributed by atoms with E-state index in [1.165, 1.54) is 4.90 Å². The van der Waals surface area contributed by atoms with Crippen LogP contribution in [0.5, 0.6) is 11.5 Å². The van der Waals surface area contributed by atoms with Crippen LogP contribution in [0.1, 0.15) is 31.2 Å². The van der Waals surface area contributed by atoms with Crippen LogP contribution >= 0.6 is 0 Å². The van der Waals surface area contributed by atoms with E-state index in [1.807, 2.05) is 24.3 Å². The predicted octanol–water partition coefficient (Wildman–Crippen LogP) is 2.24. The third-order valence-corrected chi connectivity index (χ3v) is 6.38. The van der Waals surface area contributed by atoms with E-state index < -0.39 is 17.3 Å². The zero-order valence-electron chi connectivity index (χ0n) is 18.2. The van der Waals surface area contributed by atoms with E-state index in [0.29, 0.717) is 24.7 Å². The van der Waals surface area contributed by atoms with Gasteiger partial charge in [0.25, 0.3) is 0 Å². The highest BCUT2D eigenvalue weighted by Crippen LogP contribution is 2.53. The lowest BCUT2D eigenvalue weighted by molar-refractivity contribution is -0.878. The predicted molar refractivity (Wildman–Crippen MR) is 115 cm³/mol. The summed E-state index contributed by atoms with van der Waals surface area (Å²) in [5.74, 6) is -0.452. The van der Waals surface area contributed by atoms with Crippen molar-refractivity contribution in [1.29, 1.82) is 21.2 Å². The maximum absolute atomic E-state index is 10.1. The molecule has 0 bridgehead atoms. The van der Waals surface area contributed by atoms with Gasteiger partial charge in [-0.15, -0.1) is 0 Å². The van der Waals surface area contributed by atoms with Crippen LogP contribution in [0.3, 0.4) is 0 Å². The van der Waals surface area contributed by atoms with E-state index in [-0.39, 0.29) is 11.6 Å². The average Bonchev–Trinajstić information content (AvgIpc) is 2.79. The summed E-state index contributed by atoms with van der Waals surface area (Å²) >= 11 is 0. The topological polar surface area (TPSA) is 118 Å². The summed E-state index contributed by atoms with van der Waals surface area (Å²) < 4.78 is 11.4. The molecule has 7 heteroatoms. The van der Waals surface area contributed by atoms with Gasteiger partial charge in [-0.3, -0.25) is 0 Å². The standard InChI is InChI=1S/C24H27N5O2/c1-4-5-10-31-20-7-6-16(11-21(20)30-3)22-19-13-29(2)9-8-17(19)18(12-25)23(28)24(22,14-26)15-27/h6-8,11,18-19,22,28H,4-5,9-10,13H2,1-3H3/p+1/t18-,19+,22+/m1/s1. The number of nitrogens with one attached hydrogen (secondary N) is 2. The van der Waals surface area contributed by atoms with E-state index in [4.69, 9.17) is 14.9 Å². The molecule has 1 aromatic rings. The number of benzene rings is 1. The minimum Gasteiger partial charge on any atom is -0.493 e. The van der Waals surface area contributed by atoms with Gasteiger partial charge in [-0.2, -0.15) is 15.8 Å². The van der Waals surface area contributed by atoms with Gasteiger partial charge in [-0.25, -0.2) is 0 Å². The highest BCUT2D eigenvalue weighted by atomic mass is 16.5. The molecule has 4 atom stereocenters. The second kappa shape index (κ2) is 9.21. The van der Waals surface area contributed by atoms with Crippen molar-refractivity contribution >= 4 is 5.71 Å². The van der Waals surface area contributed by atoms with E-state index in [9.17, 15) is 15.8 Å². The number of hydrogen-bond donors (Lipinski definition) is 2. The summed E-state index contributed by atoms with van der Waals surface area (Å²) in [6.45, 7) is 4.11. The molecule has 1 aromatic carbocycles. The van der Waals surface area contributed by atoms with E-state index in [2.05, 4.69) is 32.2 Å². The molecule has 0 amide bonds. The molecule has 0 radical (unpaired) electrons. The first-order valence-corrected chi connectivity index (χ1v) is 10.6. The van der Waals surface area contributed by atoms with Crippen LogP contribution < -0.4 is 14.4 Å². The van der Waals surface area contributed by atoms with Gasteiger partial charge in [0.2, 0.25) is 0 Å². The summed E-state index contributed by atoms with van der Waals surface area (Å²) in [7, 11) is 3.61. The van der Waals surface area contributed by atoms with Crippen molar-refractivity contribution in [2.24, 2.45) is 17.3 Å². The lowest BCUT2D eigenvalue weighted by Crippen LogP contribution is -3.10. The lowest BCUT2D eigenvalue weighted by Gasteiger charge is -2.46. The first-order chi connectivity index (χ1) is 15.0. The fourth-order valence-electron chi connectivity index (χ4n) is 4.76. The van der Waals surface area contributed by atoms with Crippen molar-refractivity contribution in [3.8, 4) is 29.7 Å². The SMILES string of the molecule is CCCCOc1ccc([C@H]2[C@H]3C[NH+](C)CC=C3[C@@H](C#N)C(=N)C2(C#N)C#N)cc1OC. The molecule has 1 unspecified atom stereocenters. The number of unbranched alkanes of at least 4 members (excludes halogenated alkanes) is 1. The largest absolute Gasteiger partial charge is 0.493 e. The van der Waals surface area contributed by atoms with Gasteiger partial charge >= 0.3 is 0 Å². The van der Waals surface area contributed by atoms with Crippen LogP contribution in [-0.4, -0.2) is 39.6 Å². The first kappa shape index (κ1) is 22.3. The first-order valence-electron chi connectivity index (χ1n) is 10.6. The van der Waals surface area contributed by atoms with Crippen molar-refractivity contribution in [3.63, 3.8) is 0 Å². The Balaban J connectivity index is 2.14. The van der Waals surface area contributed by atoms with Gasteiger partial charge in [0.05, 0.1) is 57.8 Å². The molecule has 0 spiro atoms. The number of fused-ring (bicyclic) bond motifs is 1. The molecule has 160 valence electrons. The number of nitrogens with zero attached hydrogens (tertiary/aromatic N) is 3. The molecule has 2 aliphatic rings. The molecule has 1 fully saturated rings. The zero-order chi connectivity index (χ0) is 22.6. The molecule has 1 aliphatic carbocycles. The van der Waals surface area contributed by atoms with E-state index in [0.717, 1.165) is 30.5 Å². The normalized spacial score (nSPS) is 26.5. The maximum Gasteiger partial charge on any atom is 0.189 e. The lowest BCUT2D eigenvalue weighted by atomic mass is 9.54. The fraction of sp³-hybridized carbons (Fsp3) is 0.500. The Hall–Kier alpha value is -3.34. The molecular weight excluding hydrogens is 390 g/mol. The smallest absolute Gasteiger partial charge is 0.189 e. The molecule has 2 N–H and O–H groups in total. The van der Waals surface area contributed by atoms with Crippen LogP contribution in [0.15, 0.2) is 29.8 Å². The van der Waals surface area contributed by atoms with Crippen LogP contribution in [0.2, 0.25) is 0 Å². The Labute approximate surface area is 183 Å². The van der Waals surface area contributed by atoms with Gasteiger partial charge in [-0.1, -0.05) is 19.4 Å². The Kier molecular flexibility index (Phi) is 6.64. The second-order valence-electron chi connectivity index (χ2n) is 8.27. The number of quaternary nitrogens is 1. The second-order valence-corrected chi connectivity index (χ2v) is 8.27. The molecule has 0 aromatic heterocycles. The van der Waals surface area contributed by atoms with Gasteiger partial charge in [0.1, 0.15) is 5.92 Å². The Morgan fingerprint density at radius 2 is 1.97 bits per heavy atom. The summed E-state index contributed by atoms with van der Waals surface area (Å²) in [6, 6.07) is 11.9. The van der Waals surface area contributed by atoms with Gasteiger partial charge in [0.15, 0.2) is 16.9 Å². The highest BCUT2D eigenvalue weighted by Gasteiger charge is 2.58. The van der Waals surface area contributed by atoms with Crippen molar-refractivity contribution in [1.82, 2.24) is 0 Å². The Morgan fingerprint density at radius 1 is 1.23 bits per heavy atom. The summed E-state index contributed by atoms with van der Waals surface area (Å²) in [5, 5.41) is 38.7. The van der Waals surface area contributed by atoms with Crippen molar-refractivity contribution in [3.05, 3.63) is 35.4 Å². The van der Waals surface area contributed by atoms with Gasteiger partial charge < -0.3 is 19.8 Å². The zero-order valence-corrected chi connectivity index (χ0v) is 18.2. The molecule has 31 heavy (non-hydrogen) atoms. The molecule has 1 heterocycles. The minimum absolute atomic E-state index is 0.130. The number of methoxy groups -OCH3 is 1. The van der Waals surface area contributed by atoms with Crippen LogP contribution in [0.4, 0.5) is 0 Å². The molecule has 3 rings (SSSR count). The molecule has 1 aliphatic heterocycles. The molecule has 0 saturated heterocycles. The van der Waals surface area contributed by atoms with Gasteiger partial charge in [0, 0.05) is 11.8 Å². The van der Waals surface area contributed by atoms with Crippen LogP contribution in [-0.2, 0) is 0 Å². The number of ether oxygens (including phenoxy) is 2. The Morgan fingerprint density at radius 3 is 2.58 bits per heavy atom. The van der Waals surface area contributed by atoms with Crippen molar-refractivity contribution < 1.29 is 14.4 Å². The number of likely N-dealkylation sites (N-methyl/N-ethyl adjacent to an activating group) is 1. The molecule has 1 saturated carbocycles.